The van der Waals surface area contributed by atoms with E-state index in [0.29, 0.717) is 4.48 Å². The van der Waals surface area contributed by atoms with Crippen LogP contribution in [0, 0.1) is 0 Å². The quantitative estimate of drug-likeness (QED) is 0.676. The molecule has 9 heavy (non-hydrogen) atoms. The number of hydrogen-bond acceptors (Lipinski definition) is 2. The van der Waals surface area contributed by atoms with E-state index in [4.69, 9.17) is 0 Å². The van der Waals surface area contributed by atoms with Crippen molar-refractivity contribution in [1.29, 1.82) is 0 Å². The van der Waals surface area contributed by atoms with Gasteiger partial charge in [-0.25, -0.2) is 8.42 Å². The van der Waals surface area contributed by atoms with Gasteiger partial charge in [-0.2, -0.15) is 0 Å². The number of halogens is 2. The third-order valence-corrected chi connectivity index (χ3v) is 4.36. The van der Waals surface area contributed by atoms with Crippen LogP contribution in [0.2, 0.25) is 0 Å². The molecule has 0 atom stereocenters. The molecule has 5 heteroatoms. The first kappa shape index (κ1) is 7.50. The van der Waals surface area contributed by atoms with E-state index in [2.05, 4.69) is 31.9 Å². The summed E-state index contributed by atoms with van der Waals surface area (Å²) in [5, 5.41) is 1.15. The molecule has 0 saturated carbocycles. The van der Waals surface area contributed by atoms with Gasteiger partial charge < -0.3 is 0 Å². The second kappa shape index (κ2) is 2.21. The summed E-state index contributed by atoms with van der Waals surface area (Å²) in [6.45, 7) is 0. The molecule has 0 spiro atoms. The first-order chi connectivity index (χ1) is 4.02. The van der Waals surface area contributed by atoms with Gasteiger partial charge in [0.25, 0.3) is 0 Å². The molecule has 1 aliphatic rings. The highest BCUT2D eigenvalue weighted by atomic mass is 79.9. The zero-order chi connectivity index (χ0) is 7.07. The maximum Gasteiger partial charge on any atom is 0.207 e. The van der Waals surface area contributed by atoms with E-state index in [1.165, 1.54) is 6.08 Å². The number of sulfone groups is 1. The lowest BCUT2D eigenvalue weighted by Crippen LogP contribution is -1.87. The normalized spacial score (nSPS) is 23.3. The monoisotopic (exact) mass is 272 g/mol. The van der Waals surface area contributed by atoms with Crippen LogP contribution >= 0.6 is 31.9 Å². The van der Waals surface area contributed by atoms with Crippen molar-refractivity contribution in [3.63, 3.8) is 0 Å². The molecule has 0 radical (unpaired) electrons. The Labute approximate surface area is 69.8 Å². The summed E-state index contributed by atoms with van der Waals surface area (Å²) in [5.41, 5.74) is 0. The average Bonchev–Trinajstić information content (AvgIpc) is 1.79. The maximum absolute atomic E-state index is 10.8. The third-order valence-electron chi connectivity index (χ3n) is 0.791. The van der Waals surface area contributed by atoms with Crippen LogP contribution in [0.5, 0.6) is 0 Å². The van der Waals surface area contributed by atoms with Crippen LogP contribution in [-0.4, -0.2) is 8.42 Å². The van der Waals surface area contributed by atoms with Gasteiger partial charge in [-0.15, -0.1) is 0 Å². The van der Waals surface area contributed by atoms with Crippen molar-refractivity contribution in [2.45, 2.75) is 0 Å². The highest BCUT2D eigenvalue weighted by Crippen LogP contribution is 2.29. The van der Waals surface area contributed by atoms with Crippen LogP contribution < -0.4 is 0 Å². The van der Waals surface area contributed by atoms with E-state index >= 15 is 0 Å². The van der Waals surface area contributed by atoms with Crippen molar-refractivity contribution in [1.82, 2.24) is 0 Å². The van der Waals surface area contributed by atoms with E-state index < -0.39 is 9.84 Å². The molecule has 0 aliphatic carbocycles. The third kappa shape index (κ3) is 1.45. The molecule has 0 N–H and O–H groups in total. The van der Waals surface area contributed by atoms with Crippen LogP contribution in [0.15, 0.2) is 19.8 Å². The molecular weight excluding hydrogens is 272 g/mol. The van der Waals surface area contributed by atoms with Gasteiger partial charge in [-0.05, 0) is 22.0 Å². The largest absolute Gasteiger partial charge is 0.219 e. The summed E-state index contributed by atoms with van der Waals surface area (Å²) in [4.78, 5) is 0. The minimum absolute atomic E-state index is 0.210. The zero-order valence-corrected chi connectivity index (χ0v) is 8.12. The summed E-state index contributed by atoms with van der Waals surface area (Å²) in [7, 11) is -3.11. The molecule has 2 nitrogen and oxygen atoms in total. The molecule has 50 valence electrons. The fraction of sp³-hybridized carbons (Fsp3) is 0. The van der Waals surface area contributed by atoms with Gasteiger partial charge in [0, 0.05) is 4.48 Å². The number of rotatable bonds is 0. The molecular formula is C4H2Br2O2S. The second-order valence-electron chi connectivity index (χ2n) is 1.50. The smallest absolute Gasteiger partial charge is 0.207 e. The predicted molar refractivity (Wildman–Crippen MR) is 42.9 cm³/mol. The van der Waals surface area contributed by atoms with Gasteiger partial charge >= 0.3 is 0 Å². The molecule has 0 aromatic heterocycles. The van der Waals surface area contributed by atoms with Gasteiger partial charge in [0.05, 0.1) is 5.41 Å². The van der Waals surface area contributed by atoms with Crippen LogP contribution in [0.25, 0.3) is 0 Å². The summed E-state index contributed by atoms with van der Waals surface area (Å²) in [6.07, 6.45) is 1.50. The molecule has 0 aromatic carbocycles. The van der Waals surface area contributed by atoms with E-state index in [-0.39, 0.29) is 3.81 Å². The Bertz CT molecular complexity index is 286. The first-order valence-electron chi connectivity index (χ1n) is 2.02. The Morgan fingerprint density at radius 3 is 2.00 bits per heavy atom. The fourth-order valence-corrected chi connectivity index (χ4v) is 3.15. The minimum atomic E-state index is -3.11. The number of allylic oxidation sites excluding steroid dienone is 2. The van der Waals surface area contributed by atoms with Crippen LogP contribution in [0.4, 0.5) is 0 Å². The first-order valence-corrected chi connectivity index (χ1v) is 5.15. The van der Waals surface area contributed by atoms with Crippen LogP contribution in [0.1, 0.15) is 0 Å². The Hall–Kier alpha value is 0.390. The Balaban J connectivity index is 3.28. The van der Waals surface area contributed by atoms with Crippen molar-refractivity contribution < 1.29 is 8.42 Å². The molecule has 1 aliphatic heterocycles. The van der Waals surface area contributed by atoms with Crippen molar-refractivity contribution in [2.75, 3.05) is 0 Å². The molecule has 0 bridgehead atoms. The van der Waals surface area contributed by atoms with Crippen molar-refractivity contribution >= 4 is 41.7 Å². The lowest BCUT2D eigenvalue weighted by atomic mass is 10.6. The molecule has 1 heterocycles. The lowest BCUT2D eigenvalue weighted by Gasteiger charge is -1.83. The van der Waals surface area contributed by atoms with Gasteiger partial charge in [0.1, 0.15) is 3.81 Å². The molecule has 0 aromatic rings. The molecule has 0 amide bonds. The predicted octanol–water partition coefficient (Wildman–Crippen LogP) is 1.89. The minimum Gasteiger partial charge on any atom is -0.219 e. The zero-order valence-electron chi connectivity index (χ0n) is 4.14. The van der Waals surface area contributed by atoms with Crippen molar-refractivity contribution in [2.24, 2.45) is 0 Å². The van der Waals surface area contributed by atoms with Crippen LogP contribution in [-0.2, 0) is 9.84 Å². The van der Waals surface area contributed by atoms with E-state index in [0.717, 1.165) is 5.41 Å². The maximum atomic E-state index is 10.8. The average molecular weight is 274 g/mol. The summed E-state index contributed by atoms with van der Waals surface area (Å²) in [5.74, 6) is 0. The topological polar surface area (TPSA) is 34.1 Å². The molecule has 0 fully saturated rings. The molecule has 0 saturated heterocycles. The Kier molecular flexibility index (Phi) is 1.84. The highest BCUT2D eigenvalue weighted by Gasteiger charge is 2.18. The lowest BCUT2D eigenvalue weighted by molar-refractivity contribution is 0.612. The SMILES string of the molecule is O=S1(=O)C=C(Br)C=C1Br. The van der Waals surface area contributed by atoms with Gasteiger partial charge in [0.2, 0.25) is 9.84 Å². The van der Waals surface area contributed by atoms with E-state index in [9.17, 15) is 8.42 Å². The van der Waals surface area contributed by atoms with Gasteiger partial charge in [-0.3, -0.25) is 0 Å². The van der Waals surface area contributed by atoms with Crippen LogP contribution in [0.3, 0.4) is 0 Å². The second-order valence-corrected chi connectivity index (χ2v) is 5.56. The van der Waals surface area contributed by atoms with Gasteiger partial charge in [0.15, 0.2) is 0 Å². The van der Waals surface area contributed by atoms with Crippen molar-refractivity contribution in [3.05, 3.63) is 19.8 Å². The van der Waals surface area contributed by atoms with Crippen molar-refractivity contribution in [3.8, 4) is 0 Å². The van der Waals surface area contributed by atoms with Gasteiger partial charge in [-0.1, -0.05) is 15.9 Å². The Morgan fingerprint density at radius 2 is 1.89 bits per heavy atom. The fourth-order valence-electron chi connectivity index (χ4n) is 0.429. The standard InChI is InChI=1S/C4H2Br2O2S/c5-3-1-4(6)9(7,8)2-3/h1-2H. The molecule has 1 rings (SSSR count). The summed E-state index contributed by atoms with van der Waals surface area (Å²) >= 11 is 5.92. The Morgan fingerprint density at radius 1 is 1.33 bits per heavy atom. The van der Waals surface area contributed by atoms with E-state index in [1.807, 2.05) is 0 Å². The summed E-state index contributed by atoms with van der Waals surface area (Å²) < 4.78 is 22.3. The highest BCUT2D eigenvalue weighted by molar-refractivity contribution is 9.14. The summed E-state index contributed by atoms with van der Waals surface area (Å²) in [6, 6.07) is 0. The number of hydrogen-bond donors (Lipinski definition) is 0. The molecule has 0 unspecified atom stereocenters. The van der Waals surface area contributed by atoms with E-state index in [1.54, 1.807) is 0 Å².